The minimum absolute atomic E-state index is 0.0639. The highest BCUT2D eigenvalue weighted by Gasteiger charge is 2.06. The lowest BCUT2D eigenvalue weighted by molar-refractivity contribution is 0.626. The van der Waals surface area contributed by atoms with Crippen molar-refractivity contribution in [2.45, 2.75) is 13.5 Å². The molecule has 1 heterocycles. The molecule has 98 valence electrons. The van der Waals surface area contributed by atoms with E-state index in [2.05, 4.69) is 10.3 Å². The van der Waals surface area contributed by atoms with Crippen LogP contribution < -0.4 is 11.1 Å². The lowest BCUT2D eigenvalue weighted by atomic mass is 10.1. The molecule has 5 heteroatoms. The lowest BCUT2D eigenvalue weighted by Gasteiger charge is -2.10. The molecule has 2 aromatic rings. The molecule has 0 saturated heterocycles. The maximum atomic E-state index is 13.7. The van der Waals surface area contributed by atoms with Crippen molar-refractivity contribution < 1.29 is 4.39 Å². The smallest absolute Gasteiger partial charge is 0.135 e. The Bertz CT molecular complexity index is 613. The number of benzene rings is 1. The van der Waals surface area contributed by atoms with E-state index in [9.17, 15) is 4.39 Å². The van der Waals surface area contributed by atoms with Gasteiger partial charge in [-0.1, -0.05) is 12.2 Å². The van der Waals surface area contributed by atoms with Crippen LogP contribution in [0.25, 0.3) is 0 Å². The van der Waals surface area contributed by atoms with Gasteiger partial charge < -0.3 is 11.1 Å². The van der Waals surface area contributed by atoms with Gasteiger partial charge in [0.1, 0.15) is 10.8 Å². The molecular formula is C14H14FN3S. The third kappa shape index (κ3) is 3.26. The third-order valence-corrected chi connectivity index (χ3v) is 3.07. The number of hydrogen-bond donors (Lipinski definition) is 2. The number of aryl methyl sites for hydroxylation is 1. The Morgan fingerprint density at radius 3 is 2.84 bits per heavy atom. The highest BCUT2D eigenvalue weighted by Crippen LogP contribution is 2.16. The highest BCUT2D eigenvalue weighted by atomic mass is 32.1. The Morgan fingerprint density at radius 2 is 2.21 bits per heavy atom. The maximum absolute atomic E-state index is 13.7. The molecule has 1 aromatic carbocycles. The van der Waals surface area contributed by atoms with Crippen molar-refractivity contribution in [3.05, 3.63) is 59.2 Å². The van der Waals surface area contributed by atoms with E-state index in [1.165, 1.54) is 6.07 Å². The molecule has 0 aliphatic heterocycles. The topological polar surface area (TPSA) is 50.9 Å². The van der Waals surface area contributed by atoms with Crippen LogP contribution in [0.5, 0.6) is 0 Å². The molecule has 0 radical (unpaired) electrons. The van der Waals surface area contributed by atoms with Crippen molar-refractivity contribution in [2.24, 2.45) is 5.73 Å². The molecular weight excluding hydrogens is 261 g/mol. The predicted octanol–water partition coefficient (Wildman–Crippen LogP) is 2.78. The highest BCUT2D eigenvalue weighted by molar-refractivity contribution is 7.80. The van der Waals surface area contributed by atoms with Gasteiger partial charge in [0.25, 0.3) is 0 Å². The van der Waals surface area contributed by atoms with E-state index in [-0.39, 0.29) is 10.6 Å². The SMILES string of the molecule is Cc1cnccc1CNc1ccc(C(N)=S)c(F)c1. The summed E-state index contributed by atoms with van der Waals surface area (Å²) in [6.07, 6.45) is 3.54. The molecule has 3 nitrogen and oxygen atoms in total. The maximum Gasteiger partial charge on any atom is 0.135 e. The summed E-state index contributed by atoms with van der Waals surface area (Å²) in [6, 6.07) is 6.67. The van der Waals surface area contributed by atoms with Crippen LogP contribution in [0.3, 0.4) is 0 Å². The van der Waals surface area contributed by atoms with Crippen LogP contribution in [0.15, 0.2) is 36.7 Å². The largest absolute Gasteiger partial charge is 0.389 e. The summed E-state index contributed by atoms with van der Waals surface area (Å²) < 4.78 is 13.7. The van der Waals surface area contributed by atoms with Crippen molar-refractivity contribution in [1.82, 2.24) is 4.98 Å². The first-order chi connectivity index (χ1) is 9.08. The number of thiocarbonyl (C=S) groups is 1. The average molecular weight is 275 g/mol. The molecule has 0 aliphatic rings. The number of hydrogen-bond acceptors (Lipinski definition) is 3. The monoisotopic (exact) mass is 275 g/mol. The second kappa shape index (κ2) is 5.75. The van der Waals surface area contributed by atoms with Gasteiger partial charge >= 0.3 is 0 Å². The molecule has 0 atom stereocenters. The van der Waals surface area contributed by atoms with Crippen LogP contribution in [0.2, 0.25) is 0 Å². The number of nitrogens with zero attached hydrogens (tertiary/aromatic N) is 1. The number of anilines is 1. The molecule has 0 aliphatic carbocycles. The average Bonchev–Trinajstić information content (AvgIpc) is 2.37. The quantitative estimate of drug-likeness (QED) is 0.842. The summed E-state index contributed by atoms with van der Waals surface area (Å²) in [5.41, 5.74) is 8.58. The molecule has 0 unspecified atom stereocenters. The molecule has 0 saturated carbocycles. The van der Waals surface area contributed by atoms with Crippen LogP contribution in [-0.2, 0) is 6.54 Å². The minimum Gasteiger partial charge on any atom is -0.389 e. The molecule has 2 rings (SSSR count). The fourth-order valence-corrected chi connectivity index (χ4v) is 1.89. The third-order valence-electron chi connectivity index (χ3n) is 2.85. The van der Waals surface area contributed by atoms with Crippen LogP contribution >= 0.6 is 12.2 Å². The van der Waals surface area contributed by atoms with Gasteiger partial charge in [0, 0.05) is 30.2 Å². The van der Waals surface area contributed by atoms with E-state index in [1.807, 2.05) is 13.0 Å². The number of rotatable bonds is 4. The molecule has 0 amide bonds. The summed E-state index contributed by atoms with van der Waals surface area (Å²) in [6.45, 7) is 2.60. The first kappa shape index (κ1) is 13.4. The van der Waals surface area contributed by atoms with Gasteiger partial charge in [-0.15, -0.1) is 0 Å². The summed E-state index contributed by atoms with van der Waals surface area (Å²) >= 11 is 4.76. The Labute approximate surface area is 116 Å². The summed E-state index contributed by atoms with van der Waals surface area (Å²) in [4.78, 5) is 4.09. The van der Waals surface area contributed by atoms with Gasteiger partial charge in [-0.25, -0.2) is 4.39 Å². The molecule has 0 bridgehead atoms. The van der Waals surface area contributed by atoms with E-state index >= 15 is 0 Å². The van der Waals surface area contributed by atoms with Crippen LogP contribution in [0.1, 0.15) is 16.7 Å². The second-order valence-corrected chi connectivity index (χ2v) is 4.65. The van der Waals surface area contributed by atoms with Crippen molar-refractivity contribution in [2.75, 3.05) is 5.32 Å². The van der Waals surface area contributed by atoms with Crippen LogP contribution in [0, 0.1) is 12.7 Å². The second-order valence-electron chi connectivity index (χ2n) is 4.21. The van der Waals surface area contributed by atoms with Gasteiger partial charge in [0.2, 0.25) is 0 Å². The molecule has 0 spiro atoms. The summed E-state index contributed by atoms with van der Waals surface area (Å²) in [5, 5.41) is 3.16. The lowest BCUT2D eigenvalue weighted by Crippen LogP contribution is -2.12. The van der Waals surface area contributed by atoms with E-state index in [0.29, 0.717) is 12.2 Å². The van der Waals surface area contributed by atoms with Gasteiger partial charge in [-0.2, -0.15) is 0 Å². The first-order valence-electron chi connectivity index (χ1n) is 5.80. The first-order valence-corrected chi connectivity index (χ1v) is 6.21. The fraction of sp³-hybridized carbons (Fsp3) is 0.143. The zero-order valence-corrected chi connectivity index (χ0v) is 11.3. The zero-order chi connectivity index (χ0) is 13.8. The predicted molar refractivity (Wildman–Crippen MR) is 78.6 cm³/mol. The van der Waals surface area contributed by atoms with E-state index < -0.39 is 5.82 Å². The molecule has 19 heavy (non-hydrogen) atoms. The van der Waals surface area contributed by atoms with E-state index in [1.54, 1.807) is 24.5 Å². The van der Waals surface area contributed by atoms with Gasteiger partial charge in [-0.05, 0) is 42.3 Å². The number of halogens is 1. The minimum atomic E-state index is -0.413. The molecule has 3 N–H and O–H groups in total. The number of nitrogens with one attached hydrogen (secondary N) is 1. The zero-order valence-electron chi connectivity index (χ0n) is 10.5. The van der Waals surface area contributed by atoms with Crippen molar-refractivity contribution in [3.63, 3.8) is 0 Å². The van der Waals surface area contributed by atoms with Gasteiger partial charge in [-0.3, -0.25) is 4.98 Å². The Hall–Kier alpha value is -2.01. The number of aromatic nitrogens is 1. The van der Waals surface area contributed by atoms with Gasteiger partial charge in [0.05, 0.1) is 0 Å². The van der Waals surface area contributed by atoms with Crippen LogP contribution in [0.4, 0.5) is 10.1 Å². The van der Waals surface area contributed by atoms with Gasteiger partial charge in [0.15, 0.2) is 0 Å². The van der Waals surface area contributed by atoms with Crippen molar-refractivity contribution >= 4 is 22.9 Å². The molecule has 0 fully saturated rings. The fourth-order valence-electron chi connectivity index (χ4n) is 1.72. The summed E-state index contributed by atoms with van der Waals surface area (Å²) in [5.74, 6) is -0.413. The van der Waals surface area contributed by atoms with Crippen molar-refractivity contribution in [1.29, 1.82) is 0 Å². The Kier molecular flexibility index (Phi) is 4.06. The summed E-state index contributed by atoms with van der Waals surface area (Å²) in [7, 11) is 0. The molecule has 1 aromatic heterocycles. The van der Waals surface area contributed by atoms with E-state index in [4.69, 9.17) is 18.0 Å². The number of pyridine rings is 1. The Balaban J connectivity index is 2.11. The normalized spacial score (nSPS) is 10.2. The Morgan fingerprint density at radius 1 is 1.42 bits per heavy atom. The van der Waals surface area contributed by atoms with E-state index in [0.717, 1.165) is 11.1 Å². The standard InChI is InChI=1S/C14H14FN3S/c1-9-7-17-5-4-10(9)8-18-11-2-3-12(14(16)19)13(15)6-11/h2-7,18H,8H2,1H3,(H2,16,19). The van der Waals surface area contributed by atoms with Crippen molar-refractivity contribution in [3.8, 4) is 0 Å². The van der Waals surface area contributed by atoms with Crippen LogP contribution in [-0.4, -0.2) is 9.97 Å². The number of nitrogens with two attached hydrogens (primary N) is 1.